The third-order valence-electron chi connectivity index (χ3n) is 3.04. The number of rotatable bonds is 2. The second-order valence-corrected chi connectivity index (χ2v) is 4.42. The summed E-state index contributed by atoms with van der Waals surface area (Å²) in [5.41, 5.74) is 1.17. The van der Waals surface area contributed by atoms with Crippen LogP contribution >= 0.6 is 12.4 Å². The monoisotopic (exact) mass is 265 g/mol. The molecule has 96 valence electrons. The van der Waals surface area contributed by atoms with Gasteiger partial charge < -0.3 is 9.15 Å². The highest BCUT2D eigenvalue weighted by molar-refractivity contribution is 5.85. The molecule has 2 heterocycles. The number of fused-ring (bicyclic) bond motifs is 1. The number of likely N-dealkylation sites (N-methyl/N-ethyl adjacent to an activating group) is 1. The molecule has 3 rings (SSSR count). The highest BCUT2D eigenvalue weighted by Gasteiger charge is 2.27. The average Bonchev–Trinajstić information content (AvgIpc) is 2.78. The van der Waals surface area contributed by atoms with Gasteiger partial charge in [-0.25, -0.2) is 0 Å². The predicted molar refractivity (Wildman–Crippen MR) is 72.1 cm³/mol. The number of ether oxygens (including phenoxy) is 1. The molecule has 1 aliphatic rings. The summed E-state index contributed by atoms with van der Waals surface area (Å²) in [6.07, 6.45) is 1.80. The van der Waals surface area contributed by atoms with E-state index in [0.717, 1.165) is 24.6 Å². The van der Waals surface area contributed by atoms with Crippen LogP contribution < -0.4 is 4.74 Å². The molecule has 1 aliphatic heterocycles. The first-order valence-corrected chi connectivity index (χ1v) is 5.79. The van der Waals surface area contributed by atoms with Gasteiger partial charge in [-0.2, -0.15) is 0 Å². The van der Waals surface area contributed by atoms with Crippen LogP contribution in [0.1, 0.15) is 17.4 Å². The van der Waals surface area contributed by atoms with Crippen LogP contribution in [0.5, 0.6) is 5.75 Å². The molecule has 1 aromatic heterocycles. The van der Waals surface area contributed by atoms with Crippen molar-refractivity contribution in [2.45, 2.75) is 12.6 Å². The highest BCUT2D eigenvalue weighted by atomic mass is 35.5. The van der Waals surface area contributed by atoms with E-state index in [-0.39, 0.29) is 18.5 Å². The number of para-hydroxylation sites is 1. The lowest BCUT2D eigenvalue weighted by Gasteiger charge is -2.29. The van der Waals surface area contributed by atoms with E-state index in [1.54, 1.807) is 6.26 Å². The van der Waals surface area contributed by atoms with Crippen LogP contribution in [0.25, 0.3) is 0 Å². The van der Waals surface area contributed by atoms with Gasteiger partial charge in [0, 0.05) is 12.1 Å². The van der Waals surface area contributed by atoms with Crippen LogP contribution in [0.3, 0.4) is 0 Å². The van der Waals surface area contributed by atoms with Gasteiger partial charge in [0.15, 0.2) is 0 Å². The molecule has 0 bridgehead atoms. The summed E-state index contributed by atoms with van der Waals surface area (Å²) in [7, 11) is 2.08. The lowest BCUT2D eigenvalue weighted by Crippen LogP contribution is -2.32. The molecule has 2 aromatic rings. The van der Waals surface area contributed by atoms with Gasteiger partial charge in [-0.15, -0.1) is 12.4 Å². The van der Waals surface area contributed by atoms with Crippen molar-refractivity contribution < 1.29 is 9.15 Å². The predicted octanol–water partition coefficient (Wildman–Crippen LogP) is 3.27. The van der Waals surface area contributed by atoms with Crippen molar-refractivity contribution in [2.75, 3.05) is 13.6 Å². The molecular weight excluding hydrogens is 250 g/mol. The largest absolute Gasteiger partial charge is 0.484 e. The smallest absolute Gasteiger partial charge is 0.140 e. The van der Waals surface area contributed by atoms with Gasteiger partial charge in [0.05, 0.1) is 12.8 Å². The van der Waals surface area contributed by atoms with Gasteiger partial charge in [0.2, 0.25) is 0 Å². The number of nitrogens with zero attached hydrogens (tertiary/aromatic N) is 1. The van der Waals surface area contributed by atoms with E-state index in [2.05, 4.69) is 11.9 Å². The van der Waals surface area contributed by atoms with Crippen LogP contribution in [0.2, 0.25) is 0 Å². The van der Waals surface area contributed by atoms with Crippen LogP contribution in [0, 0.1) is 0 Å². The summed E-state index contributed by atoms with van der Waals surface area (Å²) in [6.45, 7) is 1.75. The Morgan fingerprint density at radius 1 is 1.22 bits per heavy atom. The summed E-state index contributed by atoms with van der Waals surface area (Å²) in [5, 5.41) is 0. The van der Waals surface area contributed by atoms with Crippen molar-refractivity contribution in [1.82, 2.24) is 4.90 Å². The summed E-state index contributed by atoms with van der Waals surface area (Å²) in [4.78, 5) is 2.21. The van der Waals surface area contributed by atoms with Gasteiger partial charge >= 0.3 is 0 Å². The molecule has 0 saturated heterocycles. The summed E-state index contributed by atoms with van der Waals surface area (Å²) < 4.78 is 11.5. The molecule has 1 atom stereocenters. The molecule has 18 heavy (non-hydrogen) atoms. The van der Waals surface area contributed by atoms with Crippen LogP contribution in [0.4, 0.5) is 0 Å². The quantitative estimate of drug-likeness (QED) is 0.833. The van der Waals surface area contributed by atoms with Crippen molar-refractivity contribution in [3.8, 4) is 5.75 Å². The second kappa shape index (κ2) is 5.46. The first-order valence-electron chi connectivity index (χ1n) is 5.79. The van der Waals surface area contributed by atoms with Crippen molar-refractivity contribution in [1.29, 1.82) is 0 Å². The van der Waals surface area contributed by atoms with E-state index in [9.17, 15) is 0 Å². The van der Waals surface area contributed by atoms with Crippen molar-refractivity contribution in [3.63, 3.8) is 0 Å². The Bertz CT molecular complexity index is 498. The zero-order valence-corrected chi connectivity index (χ0v) is 11.0. The first kappa shape index (κ1) is 13.0. The molecule has 0 amide bonds. The fourth-order valence-corrected chi connectivity index (χ4v) is 2.22. The third-order valence-corrected chi connectivity index (χ3v) is 3.04. The van der Waals surface area contributed by atoms with E-state index in [4.69, 9.17) is 9.15 Å². The molecular formula is C14H16ClNO2. The number of halogens is 1. The Labute approximate surface area is 113 Å². The third kappa shape index (κ3) is 2.52. The van der Waals surface area contributed by atoms with Gasteiger partial charge in [0.1, 0.15) is 17.6 Å². The molecule has 1 unspecified atom stereocenters. The number of furan rings is 1. The van der Waals surface area contributed by atoms with E-state index in [0.29, 0.717) is 0 Å². The molecule has 0 radical (unpaired) electrons. The SMILES string of the molecule is CN1Cc2occc2C(Oc2ccccc2)C1.Cl. The molecule has 0 aliphatic carbocycles. The summed E-state index contributed by atoms with van der Waals surface area (Å²) >= 11 is 0. The standard InChI is InChI=1S/C14H15NO2.ClH/c1-15-9-13-12(7-8-16-13)14(10-15)17-11-5-3-2-4-6-11;/h2-8,14H,9-10H2,1H3;1H. The lowest BCUT2D eigenvalue weighted by molar-refractivity contribution is 0.120. The van der Waals surface area contributed by atoms with E-state index in [1.165, 1.54) is 5.56 Å². The zero-order valence-electron chi connectivity index (χ0n) is 10.2. The summed E-state index contributed by atoms with van der Waals surface area (Å²) in [5.74, 6) is 1.92. The normalized spacial score (nSPS) is 18.8. The number of hydrogen-bond donors (Lipinski definition) is 0. The summed E-state index contributed by atoms with van der Waals surface area (Å²) in [6, 6.07) is 11.9. The average molecular weight is 266 g/mol. The lowest BCUT2D eigenvalue weighted by atomic mass is 10.1. The minimum atomic E-state index is 0. The maximum Gasteiger partial charge on any atom is 0.140 e. The van der Waals surface area contributed by atoms with Crippen LogP contribution in [-0.2, 0) is 6.54 Å². The Morgan fingerprint density at radius 2 is 2.00 bits per heavy atom. The number of benzene rings is 1. The first-order chi connectivity index (χ1) is 8.33. The van der Waals surface area contributed by atoms with E-state index >= 15 is 0 Å². The van der Waals surface area contributed by atoms with Gasteiger partial charge in [0.25, 0.3) is 0 Å². The molecule has 0 N–H and O–H groups in total. The zero-order chi connectivity index (χ0) is 11.7. The Kier molecular flexibility index (Phi) is 3.94. The fraction of sp³-hybridized carbons (Fsp3) is 0.286. The molecule has 4 heteroatoms. The van der Waals surface area contributed by atoms with E-state index in [1.807, 2.05) is 36.4 Å². The molecule has 1 aromatic carbocycles. The van der Waals surface area contributed by atoms with E-state index < -0.39 is 0 Å². The minimum absolute atomic E-state index is 0. The molecule has 3 nitrogen and oxygen atoms in total. The molecule has 0 spiro atoms. The van der Waals surface area contributed by atoms with Crippen molar-refractivity contribution >= 4 is 12.4 Å². The van der Waals surface area contributed by atoms with Gasteiger partial charge in [-0.1, -0.05) is 18.2 Å². The van der Waals surface area contributed by atoms with Gasteiger partial charge in [-0.3, -0.25) is 4.90 Å². The highest BCUT2D eigenvalue weighted by Crippen LogP contribution is 2.30. The molecule has 0 saturated carbocycles. The Morgan fingerprint density at radius 3 is 2.78 bits per heavy atom. The maximum atomic E-state index is 6.01. The second-order valence-electron chi connectivity index (χ2n) is 4.42. The van der Waals surface area contributed by atoms with Crippen molar-refractivity contribution in [3.05, 3.63) is 54.0 Å². The Hall–Kier alpha value is -1.45. The minimum Gasteiger partial charge on any atom is -0.484 e. The number of hydrogen-bond acceptors (Lipinski definition) is 3. The Balaban J connectivity index is 0.00000120. The topological polar surface area (TPSA) is 25.6 Å². The van der Waals surface area contributed by atoms with Crippen molar-refractivity contribution in [2.24, 2.45) is 0 Å². The van der Waals surface area contributed by atoms with Crippen LogP contribution in [-0.4, -0.2) is 18.5 Å². The fourth-order valence-electron chi connectivity index (χ4n) is 2.22. The maximum absolute atomic E-state index is 6.01. The van der Waals surface area contributed by atoms with Crippen LogP contribution in [0.15, 0.2) is 47.1 Å². The van der Waals surface area contributed by atoms with Gasteiger partial charge in [-0.05, 0) is 25.2 Å². The molecule has 0 fully saturated rings.